The Kier molecular flexibility index (Phi) is 4.50. The zero-order valence-corrected chi connectivity index (χ0v) is 11.3. The van der Waals surface area contributed by atoms with Gasteiger partial charge in [0.25, 0.3) is 11.6 Å². The molecule has 0 spiro atoms. The number of benzene rings is 1. The summed E-state index contributed by atoms with van der Waals surface area (Å²) in [7, 11) is 0. The third kappa shape index (κ3) is 3.44. The first-order chi connectivity index (χ1) is 9.60. The second-order valence-electron chi connectivity index (χ2n) is 5.08. The highest BCUT2D eigenvalue weighted by Gasteiger charge is 2.18. The van der Waals surface area contributed by atoms with Gasteiger partial charge in [0.2, 0.25) is 0 Å². The molecule has 0 unspecified atom stereocenters. The van der Waals surface area contributed by atoms with Gasteiger partial charge in [0.15, 0.2) is 0 Å². The van der Waals surface area contributed by atoms with Gasteiger partial charge in [-0.25, -0.2) is 0 Å². The SMILES string of the molecule is C=Cc1cc(C(=O)NC2CCCCC2)cc([N+](=O)[O-])c1. The van der Waals surface area contributed by atoms with E-state index < -0.39 is 4.92 Å². The van der Waals surface area contributed by atoms with Gasteiger partial charge in [-0.05, 0) is 24.5 Å². The summed E-state index contributed by atoms with van der Waals surface area (Å²) in [5, 5.41) is 13.8. The van der Waals surface area contributed by atoms with Crippen molar-refractivity contribution in [3.63, 3.8) is 0 Å². The van der Waals surface area contributed by atoms with Gasteiger partial charge in [-0.15, -0.1) is 0 Å². The molecule has 1 amide bonds. The minimum Gasteiger partial charge on any atom is -0.349 e. The van der Waals surface area contributed by atoms with Gasteiger partial charge >= 0.3 is 0 Å². The summed E-state index contributed by atoms with van der Waals surface area (Å²) in [6.07, 6.45) is 6.92. The number of nitrogens with zero attached hydrogens (tertiary/aromatic N) is 1. The fourth-order valence-electron chi connectivity index (χ4n) is 2.50. The molecule has 106 valence electrons. The fraction of sp³-hybridized carbons (Fsp3) is 0.400. The molecule has 0 aromatic heterocycles. The molecule has 1 fully saturated rings. The number of amides is 1. The first-order valence-electron chi connectivity index (χ1n) is 6.83. The Labute approximate surface area is 117 Å². The Hall–Kier alpha value is -2.17. The van der Waals surface area contributed by atoms with Crippen LogP contribution in [0.1, 0.15) is 48.0 Å². The Morgan fingerprint density at radius 3 is 2.60 bits per heavy atom. The predicted octanol–water partition coefficient (Wildman–Crippen LogP) is 3.30. The van der Waals surface area contributed by atoms with Crippen LogP contribution in [0.5, 0.6) is 0 Å². The Bertz CT molecular complexity index is 534. The van der Waals surface area contributed by atoms with Gasteiger partial charge in [-0.1, -0.05) is 31.9 Å². The van der Waals surface area contributed by atoms with Crippen LogP contribution in [-0.4, -0.2) is 16.9 Å². The topological polar surface area (TPSA) is 72.2 Å². The molecule has 0 saturated heterocycles. The lowest BCUT2D eigenvalue weighted by Crippen LogP contribution is -2.36. The number of nitrogens with one attached hydrogen (secondary N) is 1. The van der Waals surface area contributed by atoms with Gasteiger partial charge in [-0.2, -0.15) is 0 Å². The van der Waals surface area contributed by atoms with E-state index in [9.17, 15) is 14.9 Å². The summed E-state index contributed by atoms with van der Waals surface area (Å²) in [5.41, 5.74) is 0.809. The summed E-state index contributed by atoms with van der Waals surface area (Å²) in [5.74, 6) is -0.247. The molecule has 1 aromatic rings. The Morgan fingerprint density at radius 1 is 1.30 bits per heavy atom. The maximum Gasteiger partial charge on any atom is 0.270 e. The highest BCUT2D eigenvalue weighted by molar-refractivity contribution is 5.95. The number of nitro benzene ring substituents is 1. The van der Waals surface area contributed by atoms with Crippen molar-refractivity contribution in [2.75, 3.05) is 0 Å². The first kappa shape index (κ1) is 14.2. The fourth-order valence-corrected chi connectivity index (χ4v) is 2.50. The van der Waals surface area contributed by atoms with Crippen molar-refractivity contribution in [3.8, 4) is 0 Å². The van der Waals surface area contributed by atoms with E-state index >= 15 is 0 Å². The molecule has 1 aromatic carbocycles. The summed E-state index contributed by atoms with van der Waals surface area (Å²) in [6, 6.07) is 4.52. The molecule has 0 bridgehead atoms. The monoisotopic (exact) mass is 274 g/mol. The molecule has 0 radical (unpaired) electrons. The standard InChI is InChI=1S/C15H18N2O3/c1-2-11-8-12(10-14(9-11)17(19)20)15(18)16-13-6-4-3-5-7-13/h2,8-10,13H,1,3-7H2,(H,16,18). The predicted molar refractivity (Wildman–Crippen MR) is 77.5 cm³/mol. The number of hydrogen-bond donors (Lipinski definition) is 1. The van der Waals surface area contributed by atoms with Crippen LogP contribution in [0.25, 0.3) is 6.08 Å². The molecular formula is C15H18N2O3. The number of carbonyl (C=O) groups is 1. The minimum atomic E-state index is -0.496. The highest BCUT2D eigenvalue weighted by Crippen LogP contribution is 2.20. The van der Waals surface area contributed by atoms with Crippen molar-refractivity contribution in [3.05, 3.63) is 46.0 Å². The number of rotatable bonds is 4. The number of nitro groups is 1. The van der Waals surface area contributed by atoms with E-state index in [-0.39, 0.29) is 17.6 Å². The van der Waals surface area contributed by atoms with Crippen molar-refractivity contribution in [1.29, 1.82) is 0 Å². The van der Waals surface area contributed by atoms with Crippen molar-refractivity contribution in [1.82, 2.24) is 5.32 Å². The third-order valence-electron chi connectivity index (χ3n) is 3.59. The molecule has 1 N–H and O–H groups in total. The average molecular weight is 274 g/mol. The minimum absolute atomic E-state index is 0.0869. The molecule has 5 nitrogen and oxygen atoms in total. The number of carbonyl (C=O) groups excluding carboxylic acids is 1. The Balaban J connectivity index is 2.17. The smallest absolute Gasteiger partial charge is 0.270 e. The maximum absolute atomic E-state index is 12.2. The first-order valence-corrected chi connectivity index (χ1v) is 6.83. The lowest BCUT2D eigenvalue weighted by atomic mass is 9.95. The summed E-state index contributed by atoms with van der Waals surface area (Å²) in [6.45, 7) is 3.59. The zero-order valence-electron chi connectivity index (χ0n) is 11.3. The molecule has 0 heterocycles. The van der Waals surface area contributed by atoms with E-state index in [0.717, 1.165) is 25.7 Å². The van der Waals surface area contributed by atoms with Crippen molar-refractivity contribution < 1.29 is 9.72 Å². The van der Waals surface area contributed by atoms with Gasteiger partial charge in [0.1, 0.15) is 0 Å². The molecular weight excluding hydrogens is 256 g/mol. The number of non-ortho nitro benzene ring substituents is 1. The molecule has 0 aliphatic heterocycles. The van der Waals surface area contributed by atoms with Crippen LogP contribution in [0, 0.1) is 10.1 Å². The number of hydrogen-bond acceptors (Lipinski definition) is 3. The van der Waals surface area contributed by atoms with E-state index in [4.69, 9.17) is 0 Å². The van der Waals surface area contributed by atoms with Crippen LogP contribution in [0.3, 0.4) is 0 Å². The largest absolute Gasteiger partial charge is 0.349 e. The molecule has 5 heteroatoms. The van der Waals surface area contributed by atoms with Crippen molar-refractivity contribution in [2.45, 2.75) is 38.1 Å². The second kappa shape index (κ2) is 6.32. The van der Waals surface area contributed by atoms with Crippen LogP contribution in [-0.2, 0) is 0 Å². The highest BCUT2D eigenvalue weighted by atomic mass is 16.6. The lowest BCUT2D eigenvalue weighted by Gasteiger charge is -2.22. The molecule has 1 saturated carbocycles. The van der Waals surface area contributed by atoms with Crippen LogP contribution >= 0.6 is 0 Å². The van der Waals surface area contributed by atoms with Gasteiger partial charge < -0.3 is 5.32 Å². The zero-order chi connectivity index (χ0) is 14.5. The third-order valence-corrected chi connectivity index (χ3v) is 3.59. The van der Waals surface area contributed by atoms with E-state index in [0.29, 0.717) is 11.1 Å². The van der Waals surface area contributed by atoms with Gasteiger partial charge in [0, 0.05) is 23.7 Å². The quantitative estimate of drug-likeness (QED) is 0.676. The van der Waals surface area contributed by atoms with Gasteiger partial charge in [0.05, 0.1) is 4.92 Å². The van der Waals surface area contributed by atoms with Gasteiger partial charge in [-0.3, -0.25) is 14.9 Å². The molecule has 20 heavy (non-hydrogen) atoms. The molecule has 0 atom stereocenters. The molecule has 1 aliphatic rings. The average Bonchev–Trinajstić information content (AvgIpc) is 2.47. The molecule has 2 rings (SSSR count). The maximum atomic E-state index is 12.2. The van der Waals surface area contributed by atoms with Crippen molar-refractivity contribution in [2.24, 2.45) is 0 Å². The van der Waals surface area contributed by atoms with E-state index in [1.54, 1.807) is 6.07 Å². The van der Waals surface area contributed by atoms with Crippen LogP contribution in [0.15, 0.2) is 24.8 Å². The van der Waals surface area contributed by atoms with E-state index in [1.807, 2.05) is 0 Å². The van der Waals surface area contributed by atoms with Crippen LogP contribution in [0.2, 0.25) is 0 Å². The van der Waals surface area contributed by atoms with E-state index in [2.05, 4.69) is 11.9 Å². The second-order valence-corrected chi connectivity index (χ2v) is 5.08. The summed E-state index contributed by atoms with van der Waals surface area (Å²) < 4.78 is 0. The lowest BCUT2D eigenvalue weighted by molar-refractivity contribution is -0.384. The van der Waals surface area contributed by atoms with Crippen LogP contribution in [0.4, 0.5) is 5.69 Å². The molecule has 1 aliphatic carbocycles. The van der Waals surface area contributed by atoms with Crippen LogP contribution < -0.4 is 5.32 Å². The van der Waals surface area contributed by atoms with E-state index in [1.165, 1.54) is 24.6 Å². The van der Waals surface area contributed by atoms with Crippen molar-refractivity contribution >= 4 is 17.7 Å². The summed E-state index contributed by atoms with van der Waals surface area (Å²) in [4.78, 5) is 22.6. The Morgan fingerprint density at radius 2 is 2.00 bits per heavy atom. The normalized spacial score (nSPS) is 15.6. The summed E-state index contributed by atoms with van der Waals surface area (Å²) >= 11 is 0.